The van der Waals surface area contributed by atoms with Crippen LogP contribution in [0, 0.1) is 0 Å². The molecule has 0 radical (unpaired) electrons. The first kappa shape index (κ1) is 19.6. The summed E-state index contributed by atoms with van der Waals surface area (Å²) in [6.45, 7) is 7.39. The van der Waals surface area contributed by atoms with Crippen molar-refractivity contribution >= 4 is 32.6 Å². The van der Waals surface area contributed by atoms with Gasteiger partial charge in [0.25, 0.3) is 0 Å². The third-order valence-corrected chi connectivity index (χ3v) is 6.13. The zero-order chi connectivity index (χ0) is 19.5. The van der Waals surface area contributed by atoms with Crippen LogP contribution >= 0.6 is 15.9 Å². The first-order chi connectivity index (χ1) is 13.6. The molecular formula is C21H26BrN3O3. The smallest absolute Gasteiger partial charge is 0.236 e. The average molecular weight is 448 g/mol. The van der Waals surface area contributed by atoms with Gasteiger partial charge in [-0.15, -0.1) is 0 Å². The molecule has 7 heteroatoms. The van der Waals surface area contributed by atoms with Crippen molar-refractivity contribution in [1.82, 2.24) is 14.7 Å². The summed E-state index contributed by atoms with van der Waals surface area (Å²) in [6.07, 6.45) is 0. The van der Waals surface area contributed by atoms with Gasteiger partial charge >= 0.3 is 0 Å². The molecule has 6 nitrogen and oxygen atoms in total. The highest BCUT2D eigenvalue weighted by Crippen LogP contribution is 2.30. The number of benzene rings is 2. The van der Waals surface area contributed by atoms with Crippen molar-refractivity contribution in [2.75, 3.05) is 59.0 Å². The fraction of sp³-hybridized carbons (Fsp3) is 0.476. The number of ether oxygens (including phenoxy) is 1. The molecule has 0 aromatic heterocycles. The first-order valence-corrected chi connectivity index (χ1v) is 10.6. The normalized spacial score (nSPS) is 19.2. The third kappa shape index (κ3) is 4.49. The lowest BCUT2D eigenvalue weighted by atomic mass is 10.0. The van der Waals surface area contributed by atoms with E-state index in [4.69, 9.17) is 4.74 Å². The molecule has 150 valence electrons. The van der Waals surface area contributed by atoms with Crippen LogP contribution < -0.4 is 0 Å². The predicted octanol–water partition coefficient (Wildman–Crippen LogP) is 2.28. The van der Waals surface area contributed by atoms with Crippen LogP contribution in [0.25, 0.3) is 10.8 Å². The Bertz CT molecular complexity index is 846. The van der Waals surface area contributed by atoms with Crippen molar-refractivity contribution in [2.24, 2.45) is 0 Å². The number of phenols is 1. The van der Waals surface area contributed by atoms with E-state index in [-0.39, 0.29) is 5.91 Å². The molecular weight excluding hydrogens is 422 g/mol. The van der Waals surface area contributed by atoms with E-state index in [9.17, 15) is 9.90 Å². The summed E-state index contributed by atoms with van der Waals surface area (Å²) in [4.78, 5) is 19.0. The fourth-order valence-electron chi connectivity index (χ4n) is 3.95. The Kier molecular flexibility index (Phi) is 6.16. The molecule has 2 aromatic rings. The second-order valence-electron chi connectivity index (χ2n) is 7.47. The van der Waals surface area contributed by atoms with Crippen molar-refractivity contribution in [3.63, 3.8) is 0 Å². The molecule has 0 spiro atoms. The Hall–Kier alpha value is -1.67. The lowest BCUT2D eigenvalue weighted by Gasteiger charge is -2.36. The Balaban J connectivity index is 1.36. The van der Waals surface area contributed by atoms with E-state index in [0.29, 0.717) is 32.1 Å². The van der Waals surface area contributed by atoms with Crippen LogP contribution in [0.1, 0.15) is 5.56 Å². The highest BCUT2D eigenvalue weighted by atomic mass is 79.9. The monoisotopic (exact) mass is 447 g/mol. The van der Waals surface area contributed by atoms with Crippen LogP contribution in [-0.4, -0.2) is 84.7 Å². The highest BCUT2D eigenvalue weighted by Gasteiger charge is 2.24. The Morgan fingerprint density at radius 2 is 1.75 bits per heavy atom. The number of nitrogens with zero attached hydrogens (tertiary/aromatic N) is 3. The van der Waals surface area contributed by atoms with Gasteiger partial charge in [0, 0.05) is 55.8 Å². The standard InChI is InChI=1S/C21H26BrN3O3/c22-17-2-3-18-16(13-17)1-4-20(26)19(18)14-23-5-7-25(8-6-23)21(27)15-24-9-11-28-12-10-24/h1-4,13,26H,5-12,14-15H2. The summed E-state index contributed by atoms with van der Waals surface area (Å²) in [5, 5.41) is 12.6. The summed E-state index contributed by atoms with van der Waals surface area (Å²) in [7, 11) is 0. The van der Waals surface area contributed by atoms with Gasteiger partial charge in [0.2, 0.25) is 5.91 Å². The summed E-state index contributed by atoms with van der Waals surface area (Å²) >= 11 is 3.51. The number of fused-ring (bicyclic) bond motifs is 1. The van der Waals surface area contributed by atoms with Crippen molar-refractivity contribution in [3.8, 4) is 5.75 Å². The molecule has 2 fully saturated rings. The van der Waals surface area contributed by atoms with E-state index in [1.807, 2.05) is 17.0 Å². The van der Waals surface area contributed by atoms with Gasteiger partial charge < -0.3 is 14.7 Å². The van der Waals surface area contributed by atoms with Crippen LogP contribution in [-0.2, 0) is 16.1 Å². The lowest BCUT2D eigenvalue weighted by molar-refractivity contribution is -0.135. The second-order valence-corrected chi connectivity index (χ2v) is 8.39. The predicted molar refractivity (Wildman–Crippen MR) is 112 cm³/mol. The van der Waals surface area contributed by atoms with E-state index in [2.05, 4.69) is 37.9 Å². The summed E-state index contributed by atoms with van der Waals surface area (Å²) in [5.41, 5.74) is 0.957. The van der Waals surface area contributed by atoms with Crippen LogP contribution in [0.4, 0.5) is 0 Å². The van der Waals surface area contributed by atoms with Crippen molar-refractivity contribution in [1.29, 1.82) is 0 Å². The molecule has 0 atom stereocenters. The van der Waals surface area contributed by atoms with Gasteiger partial charge in [-0.25, -0.2) is 0 Å². The molecule has 2 aliphatic heterocycles. The van der Waals surface area contributed by atoms with Gasteiger partial charge in [-0.05, 0) is 29.0 Å². The number of aromatic hydroxyl groups is 1. The maximum absolute atomic E-state index is 12.6. The lowest BCUT2D eigenvalue weighted by Crippen LogP contribution is -2.52. The number of carbonyl (C=O) groups excluding carboxylic acids is 1. The van der Waals surface area contributed by atoms with Gasteiger partial charge in [0.05, 0.1) is 19.8 Å². The van der Waals surface area contributed by atoms with Crippen molar-refractivity contribution in [3.05, 3.63) is 40.4 Å². The van der Waals surface area contributed by atoms with Crippen LogP contribution in [0.2, 0.25) is 0 Å². The van der Waals surface area contributed by atoms with E-state index >= 15 is 0 Å². The zero-order valence-corrected chi connectivity index (χ0v) is 17.5. The van der Waals surface area contributed by atoms with Gasteiger partial charge in [0.15, 0.2) is 0 Å². The molecule has 0 aliphatic carbocycles. The van der Waals surface area contributed by atoms with E-state index in [0.717, 1.165) is 60.1 Å². The molecule has 1 amide bonds. The minimum absolute atomic E-state index is 0.208. The van der Waals surface area contributed by atoms with Crippen molar-refractivity contribution < 1.29 is 14.6 Å². The minimum atomic E-state index is 0.208. The number of piperazine rings is 1. The van der Waals surface area contributed by atoms with E-state index in [1.165, 1.54) is 0 Å². The average Bonchev–Trinajstić information content (AvgIpc) is 2.71. The highest BCUT2D eigenvalue weighted by molar-refractivity contribution is 9.10. The minimum Gasteiger partial charge on any atom is -0.508 e. The molecule has 28 heavy (non-hydrogen) atoms. The van der Waals surface area contributed by atoms with E-state index < -0.39 is 0 Å². The fourth-order valence-corrected chi connectivity index (χ4v) is 4.33. The third-order valence-electron chi connectivity index (χ3n) is 5.64. The molecule has 0 bridgehead atoms. The Labute approximate surface area is 173 Å². The van der Waals surface area contributed by atoms with E-state index in [1.54, 1.807) is 6.07 Å². The maximum Gasteiger partial charge on any atom is 0.236 e. The molecule has 2 aromatic carbocycles. The first-order valence-electron chi connectivity index (χ1n) is 9.80. The largest absolute Gasteiger partial charge is 0.508 e. The topological polar surface area (TPSA) is 56.2 Å². The van der Waals surface area contributed by atoms with Crippen LogP contribution in [0.5, 0.6) is 5.75 Å². The van der Waals surface area contributed by atoms with Gasteiger partial charge in [-0.3, -0.25) is 14.6 Å². The molecule has 2 saturated heterocycles. The number of phenolic OH excluding ortho intramolecular Hbond substituents is 1. The number of hydrogen-bond acceptors (Lipinski definition) is 5. The van der Waals surface area contributed by atoms with Crippen molar-refractivity contribution in [2.45, 2.75) is 6.54 Å². The zero-order valence-electron chi connectivity index (χ0n) is 15.9. The van der Waals surface area contributed by atoms with Crippen LogP contribution in [0.15, 0.2) is 34.8 Å². The SMILES string of the molecule is O=C(CN1CCOCC1)N1CCN(Cc2c(O)ccc3cc(Br)ccc23)CC1. The molecule has 1 N–H and O–H groups in total. The molecule has 2 heterocycles. The number of amides is 1. The second kappa shape index (κ2) is 8.78. The number of rotatable bonds is 4. The quantitative estimate of drug-likeness (QED) is 0.778. The number of halogens is 1. The number of carbonyl (C=O) groups is 1. The molecule has 4 rings (SSSR count). The summed E-state index contributed by atoms with van der Waals surface area (Å²) in [5.74, 6) is 0.542. The van der Waals surface area contributed by atoms with Gasteiger partial charge in [-0.1, -0.05) is 28.1 Å². The number of hydrogen-bond donors (Lipinski definition) is 1. The summed E-state index contributed by atoms with van der Waals surface area (Å²) < 4.78 is 6.38. The van der Waals surface area contributed by atoms with Gasteiger partial charge in [-0.2, -0.15) is 0 Å². The Morgan fingerprint density at radius 3 is 2.50 bits per heavy atom. The molecule has 0 unspecified atom stereocenters. The molecule has 2 aliphatic rings. The number of morpholine rings is 1. The Morgan fingerprint density at radius 1 is 1.00 bits per heavy atom. The maximum atomic E-state index is 12.6. The molecule has 0 saturated carbocycles. The summed E-state index contributed by atoms with van der Waals surface area (Å²) in [6, 6.07) is 9.85. The van der Waals surface area contributed by atoms with Crippen LogP contribution in [0.3, 0.4) is 0 Å². The van der Waals surface area contributed by atoms with Gasteiger partial charge in [0.1, 0.15) is 5.75 Å².